The molecule has 0 aliphatic carbocycles. The number of hydrogen-bond acceptors (Lipinski definition) is 3. The monoisotopic (exact) mass is 463 g/mol. The van der Waals surface area contributed by atoms with E-state index in [9.17, 15) is 18.7 Å². The minimum atomic E-state index is -0.980. The molecular formula is C27H27F2N3O2. The Labute approximate surface area is 197 Å². The maximum Gasteiger partial charge on any atom is 0.340 e. The predicted molar refractivity (Wildman–Crippen MR) is 127 cm³/mol. The molecule has 0 saturated carbocycles. The van der Waals surface area contributed by atoms with Crippen LogP contribution >= 0.6 is 0 Å². The molecule has 5 nitrogen and oxygen atoms in total. The van der Waals surface area contributed by atoms with Gasteiger partial charge in [-0.1, -0.05) is 60.7 Å². The van der Waals surface area contributed by atoms with E-state index in [2.05, 4.69) is 5.10 Å². The first kappa shape index (κ1) is 23.6. The van der Waals surface area contributed by atoms with Crippen LogP contribution in [0, 0.1) is 11.6 Å². The maximum atomic E-state index is 14.7. The standard InChI is InChI=1S/C27H27F2N3O2/c1-31(2)26(34)32-27(20-11-7-4-8-12-20,16-15-25(33)19-9-5-3-6-10-19)18-24(30-32)22-17-21(28)13-14-23(22)29/h3-14,17,25,33H,15-16,18H2,1-2H3. The number of aliphatic hydroxyl groups excluding tert-OH is 1. The molecule has 0 fully saturated rings. The number of hydrazone groups is 1. The summed E-state index contributed by atoms with van der Waals surface area (Å²) >= 11 is 0. The van der Waals surface area contributed by atoms with Crippen molar-refractivity contribution in [2.24, 2.45) is 5.10 Å². The van der Waals surface area contributed by atoms with Gasteiger partial charge in [0.05, 0.1) is 17.4 Å². The summed E-state index contributed by atoms with van der Waals surface area (Å²) < 4.78 is 28.7. The summed E-state index contributed by atoms with van der Waals surface area (Å²) in [5.41, 5.74) is 0.905. The molecule has 2 amide bonds. The largest absolute Gasteiger partial charge is 0.388 e. The lowest BCUT2D eigenvalue weighted by atomic mass is 9.79. The van der Waals surface area contributed by atoms with E-state index in [1.54, 1.807) is 14.1 Å². The number of nitrogens with zero attached hydrogens (tertiary/aromatic N) is 3. The van der Waals surface area contributed by atoms with Gasteiger partial charge in [0, 0.05) is 26.1 Å². The Morgan fingerprint density at radius 2 is 1.71 bits per heavy atom. The zero-order valence-electron chi connectivity index (χ0n) is 19.2. The van der Waals surface area contributed by atoms with Crippen LogP contribution in [0.4, 0.5) is 13.6 Å². The second-order valence-electron chi connectivity index (χ2n) is 8.70. The lowest BCUT2D eigenvalue weighted by molar-refractivity contribution is 0.0828. The number of halogens is 2. The van der Waals surface area contributed by atoms with Crippen molar-refractivity contribution in [1.82, 2.24) is 9.91 Å². The molecule has 4 rings (SSSR count). The number of amides is 2. The number of benzene rings is 3. The lowest BCUT2D eigenvalue weighted by Crippen LogP contribution is -2.47. The third-order valence-corrected chi connectivity index (χ3v) is 6.22. The van der Waals surface area contributed by atoms with Gasteiger partial charge in [-0.15, -0.1) is 0 Å². The summed E-state index contributed by atoms with van der Waals surface area (Å²) in [6.07, 6.45) is 0.118. The van der Waals surface area contributed by atoms with Crippen molar-refractivity contribution in [1.29, 1.82) is 0 Å². The average molecular weight is 464 g/mol. The molecule has 0 bridgehead atoms. The molecule has 1 aliphatic heterocycles. The van der Waals surface area contributed by atoms with Crippen molar-refractivity contribution in [2.75, 3.05) is 14.1 Å². The summed E-state index contributed by atoms with van der Waals surface area (Å²) in [5.74, 6) is -1.19. The Kier molecular flexibility index (Phi) is 6.75. The molecule has 3 aromatic carbocycles. The van der Waals surface area contributed by atoms with E-state index >= 15 is 0 Å². The summed E-state index contributed by atoms with van der Waals surface area (Å²) in [4.78, 5) is 14.7. The zero-order valence-corrected chi connectivity index (χ0v) is 19.2. The Bertz CT molecular complexity index is 1180. The van der Waals surface area contributed by atoms with Crippen molar-refractivity contribution in [2.45, 2.75) is 30.9 Å². The summed E-state index contributed by atoms with van der Waals surface area (Å²) in [5, 5.41) is 16.8. The highest BCUT2D eigenvalue weighted by Crippen LogP contribution is 2.44. The van der Waals surface area contributed by atoms with Crippen LogP contribution in [-0.4, -0.2) is 40.9 Å². The normalized spacial score (nSPS) is 18.5. The van der Waals surface area contributed by atoms with Crippen molar-refractivity contribution in [3.8, 4) is 0 Å². The number of hydrogen-bond donors (Lipinski definition) is 1. The zero-order chi connectivity index (χ0) is 24.3. The van der Waals surface area contributed by atoms with Gasteiger partial charge >= 0.3 is 6.03 Å². The molecule has 34 heavy (non-hydrogen) atoms. The van der Waals surface area contributed by atoms with Gasteiger partial charge in [-0.25, -0.2) is 18.6 Å². The fourth-order valence-electron chi connectivity index (χ4n) is 4.42. The van der Waals surface area contributed by atoms with Crippen molar-refractivity contribution in [3.05, 3.63) is 107 Å². The molecule has 1 heterocycles. The second kappa shape index (κ2) is 9.73. The van der Waals surface area contributed by atoms with Crippen molar-refractivity contribution >= 4 is 11.7 Å². The average Bonchev–Trinajstić information content (AvgIpc) is 3.25. The first-order valence-corrected chi connectivity index (χ1v) is 11.1. The third kappa shape index (κ3) is 4.56. The van der Waals surface area contributed by atoms with Crippen LogP contribution in [0.25, 0.3) is 0 Å². The Morgan fingerprint density at radius 3 is 2.35 bits per heavy atom. The van der Waals surface area contributed by atoms with E-state index < -0.39 is 23.3 Å². The highest BCUT2D eigenvalue weighted by atomic mass is 19.1. The Hall–Kier alpha value is -3.58. The van der Waals surface area contributed by atoms with E-state index in [0.29, 0.717) is 12.8 Å². The SMILES string of the molecule is CN(C)C(=O)N1N=C(c2cc(F)ccc2F)CC1(CCC(O)c1ccccc1)c1ccccc1. The highest BCUT2D eigenvalue weighted by Gasteiger charge is 2.48. The molecule has 0 spiro atoms. The summed E-state index contributed by atoms with van der Waals surface area (Å²) in [6, 6.07) is 21.5. The fourth-order valence-corrected chi connectivity index (χ4v) is 4.42. The van der Waals surface area contributed by atoms with E-state index in [-0.39, 0.29) is 23.7 Å². The number of carbonyl (C=O) groups excluding carboxylic acids is 1. The maximum absolute atomic E-state index is 14.7. The summed E-state index contributed by atoms with van der Waals surface area (Å²) in [6.45, 7) is 0. The number of rotatable bonds is 6. The van der Waals surface area contributed by atoms with Gasteiger partial charge in [0.1, 0.15) is 11.6 Å². The van der Waals surface area contributed by atoms with E-state index in [1.807, 2.05) is 60.7 Å². The fraction of sp³-hybridized carbons (Fsp3) is 0.259. The van der Waals surface area contributed by atoms with E-state index in [4.69, 9.17) is 0 Å². The van der Waals surface area contributed by atoms with E-state index in [1.165, 1.54) is 9.91 Å². The Morgan fingerprint density at radius 1 is 1.06 bits per heavy atom. The molecule has 1 aliphatic rings. The molecule has 1 N–H and O–H groups in total. The first-order chi connectivity index (χ1) is 16.3. The van der Waals surface area contributed by atoms with Gasteiger partial charge in [-0.3, -0.25) is 0 Å². The van der Waals surface area contributed by atoms with Crippen LogP contribution in [0.3, 0.4) is 0 Å². The Balaban J connectivity index is 1.78. The third-order valence-electron chi connectivity index (χ3n) is 6.22. The van der Waals surface area contributed by atoms with Crippen LogP contribution in [-0.2, 0) is 5.54 Å². The smallest absolute Gasteiger partial charge is 0.340 e. The molecule has 3 aromatic rings. The highest BCUT2D eigenvalue weighted by molar-refractivity contribution is 6.04. The van der Waals surface area contributed by atoms with Gasteiger partial charge in [-0.05, 0) is 42.2 Å². The molecule has 2 unspecified atom stereocenters. The van der Waals surface area contributed by atoms with Crippen LogP contribution in [0.5, 0.6) is 0 Å². The van der Waals surface area contributed by atoms with Gasteiger partial charge < -0.3 is 10.0 Å². The second-order valence-corrected chi connectivity index (χ2v) is 8.70. The molecule has 0 aromatic heterocycles. The predicted octanol–water partition coefficient (Wildman–Crippen LogP) is 5.47. The van der Waals surface area contributed by atoms with Crippen molar-refractivity contribution < 1.29 is 18.7 Å². The minimum Gasteiger partial charge on any atom is -0.388 e. The molecular weight excluding hydrogens is 436 g/mol. The molecule has 176 valence electrons. The quantitative estimate of drug-likeness (QED) is 0.527. The molecule has 0 radical (unpaired) electrons. The number of carbonyl (C=O) groups is 1. The molecule has 7 heteroatoms. The van der Waals surface area contributed by atoms with Crippen molar-refractivity contribution in [3.63, 3.8) is 0 Å². The van der Waals surface area contributed by atoms with Crippen LogP contribution in [0.2, 0.25) is 0 Å². The minimum absolute atomic E-state index is 0.0259. The van der Waals surface area contributed by atoms with Gasteiger partial charge in [0.2, 0.25) is 0 Å². The van der Waals surface area contributed by atoms with E-state index in [0.717, 1.165) is 29.3 Å². The van der Waals surface area contributed by atoms with Crippen LogP contribution in [0.15, 0.2) is 84.0 Å². The summed E-state index contributed by atoms with van der Waals surface area (Å²) in [7, 11) is 3.24. The van der Waals surface area contributed by atoms with Gasteiger partial charge in [-0.2, -0.15) is 5.10 Å². The van der Waals surface area contributed by atoms with Crippen LogP contribution < -0.4 is 0 Å². The lowest BCUT2D eigenvalue weighted by Gasteiger charge is -2.38. The molecule has 2 atom stereocenters. The van der Waals surface area contributed by atoms with Gasteiger partial charge in [0.15, 0.2) is 0 Å². The number of urea groups is 1. The topological polar surface area (TPSA) is 56.1 Å². The number of aliphatic hydroxyl groups is 1. The van der Waals surface area contributed by atoms with Gasteiger partial charge in [0.25, 0.3) is 0 Å². The first-order valence-electron chi connectivity index (χ1n) is 11.1. The molecule has 0 saturated heterocycles. The van der Waals surface area contributed by atoms with Crippen LogP contribution in [0.1, 0.15) is 42.1 Å².